The summed E-state index contributed by atoms with van der Waals surface area (Å²) in [5.41, 5.74) is -0.0437. The third-order valence-corrected chi connectivity index (χ3v) is 5.25. The van der Waals surface area contributed by atoms with Crippen LogP contribution in [-0.2, 0) is 26.1 Å². The molecule has 0 radical (unpaired) electrons. The summed E-state index contributed by atoms with van der Waals surface area (Å²) in [6.07, 6.45) is 0. The van der Waals surface area contributed by atoms with E-state index in [1.165, 1.54) is 6.07 Å². The standard InChI is InChI=1S/C16H25N3O4S.ClH/c1-16(2,3)19-24(21,22)14-7-5-4-6-12(14)10-18-15(20)13-11-23-9-8-17-13;/h4-7,13,17,19H,8-11H2,1-3H3,(H,18,20);1H. The van der Waals surface area contributed by atoms with Crippen molar-refractivity contribution in [1.29, 1.82) is 0 Å². The van der Waals surface area contributed by atoms with E-state index in [-0.39, 0.29) is 29.8 Å². The lowest BCUT2D eigenvalue weighted by atomic mass is 10.1. The topological polar surface area (TPSA) is 96.5 Å². The molecule has 0 aromatic heterocycles. The molecule has 1 heterocycles. The van der Waals surface area contributed by atoms with Crippen LogP contribution in [0.2, 0.25) is 0 Å². The summed E-state index contributed by atoms with van der Waals surface area (Å²) in [4.78, 5) is 12.3. The first kappa shape index (κ1) is 21.9. The van der Waals surface area contributed by atoms with E-state index in [0.717, 1.165) is 0 Å². The molecule has 1 aromatic carbocycles. The lowest BCUT2D eigenvalue weighted by Gasteiger charge is -2.24. The number of halogens is 1. The van der Waals surface area contributed by atoms with E-state index in [1.54, 1.807) is 39.0 Å². The van der Waals surface area contributed by atoms with E-state index in [1.807, 2.05) is 0 Å². The lowest BCUT2D eigenvalue weighted by Crippen LogP contribution is -2.51. The van der Waals surface area contributed by atoms with Crippen molar-refractivity contribution < 1.29 is 17.9 Å². The molecule has 1 unspecified atom stereocenters. The summed E-state index contributed by atoms with van der Waals surface area (Å²) < 4.78 is 33.0. The van der Waals surface area contributed by atoms with E-state index in [0.29, 0.717) is 25.3 Å². The second-order valence-electron chi connectivity index (χ2n) is 6.76. The molecule has 1 amide bonds. The molecule has 0 spiro atoms. The number of rotatable bonds is 5. The van der Waals surface area contributed by atoms with Crippen molar-refractivity contribution in [3.05, 3.63) is 29.8 Å². The number of amides is 1. The molecule has 0 saturated carbocycles. The molecule has 1 atom stereocenters. The molecule has 1 aliphatic heterocycles. The quantitative estimate of drug-likeness (QED) is 0.689. The van der Waals surface area contributed by atoms with Crippen LogP contribution in [0, 0.1) is 0 Å². The number of carbonyl (C=O) groups is 1. The molecule has 0 bridgehead atoms. The summed E-state index contributed by atoms with van der Waals surface area (Å²) in [5.74, 6) is -0.203. The number of hydrogen-bond acceptors (Lipinski definition) is 5. The average Bonchev–Trinajstić information content (AvgIpc) is 2.51. The molecule has 2 rings (SSSR count). The minimum absolute atomic E-state index is 0. The van der Waals surface area contributed by atoms with E-state index in [4.69, 9.17) is 4.74 Å². The summed E-state index contributed by atoms with van der Waals surface area (Å²) in [7, 11) is -3.66. The van der Waals surface area contributed by atoms with Gasteiger partial charge in [-0.15, -0.1) is 12.4 Å². The van der Waals surface area contributed by atoms with Crippen molar-refractivity contribution in [2.45, 2.75) is 43.8 Å². The van der Waals surface area contributed by atoms with Crippen molar-refractivity contribution in [2.75, 3.05) is 19.8 Å². The third kappa shape index (κ3) is 6.56. The fourth-order valence-electron chi connectivity index (χ4n) is 2.41. The Morgan fingerprint density at radius 1 is 1.32 bits per heavy atom. The van der Waals surface area contributed by atoms with Gasteiger partial charge in [0.2, 0.25) is 15.9 Å². The van der Waals surface area contributed by atoms with Crippen LogP contribution in [0.5, 0.6) is 0 Å². The molecule has 3 N–H and O–H groups in total. The molecule has 1 fully saturated rings. The highest BCUT2D eigenvalue weighted by Gasteiger charge is 2.25. The fourth-order valence-corrected chi connectivity index (χ4v) is 4.07. The van der Waals surface area contributed by atoms with Crippen LogP contribution in [0.15, 0.2) is 29.2 Å². The van der Waals surface area contributed by atoms with Gasteiger partial charge in [0.1, 0.15) is 6.04 Å². The average molecular weight is 392 g/mol. The summed E-state index contributed by atoms with van der Waals surface area (Å²) in [6.45, 7) is 7.01. The van der Waals surface area contributed by atoms with E-state index in [9.17, 15) is 13.2 Å². The fraction of sp³-hybridized carbons (Fsp3) is 0.562. The van der Waals surface area contributed by atoms with Gasteiger partial charge in [-0.25, -0.2) is 13.1 Å². The van der Waals surface area contributed by atoms with Crippen molar-refractivity contribution in [3.8, 4) is 0 Å². The second-order valence-corrected chi connectivity index (χ2v) is 8.41. The SMILES string of the molecule is CC(C)(C)NS(=O)(=O)c1ccccc1CNC(=O)C1COCCN1.Cl. The number of morpholine rings is 1. The highest BCUT2D eigenvalue weighted by Crippen LogP contribution is 2.17. The molecule has 1 saturated heterocycles. The van der Waals surface area contributed by atoms with Gasteiger partial charge in [-0.05, 0) is 32.4 Å². The van der Waals surface area contributed by atoms with Crippen molar-refractivity contribution in [2.24, 2.45) is 0 Å². The van der Waals surface area contributed by atoms with E-state index >= 15 is 0 Å². The Labute approximate surface area is 155 Å². The maximum atomic E-state index is 12.6. The van der Waals surface area contributed by atoms with Crippen LogP contribution in [0.3, 0.4) is 0 Å². The van der Waals surface area contributed by atoms with Gasteiger partial charge in [0.15, 0.2) is 0 Å². The van der Waals surface area contributed by atoms with Crippen LogP contribution in [0.25, 0.3) is 0 Å². The molecule has 25 heavy (non-hydrogen) atoms. The molecule has 1 aliphatic rings. The molecular weight excluding hydrogens is 366 g/mol. The van der Waals surface area contributed by atoms with Gasteiger partial charge >= 0.3 is 0 Å². The smallest absolute Gasteiger partial charge is 0.241 e. The zero-order valence-corrected chi connectivity index (χ0v) is 16.3. The van der Waals surface area contributed by atoms with Gasteiger partial charge in [0.25, 0.3) is 0 Å². The first-order valence-corrected chi connectivity index (χ1v) is 9.38. The maximum Gasteiger partial charge on any atom is 0.241 e. The Morgan fingerprint density at radius 2 is 2.00 bits per heavy atom. The Bertz CT molecular complexity index is 683. The van der Waals surface area contributed by atoms with Gasteiger partial charge in [-0.3, -0.25) is 4.79 Å². The minimum Gasteiger partial charge on any atom is -0.378 e. The molecule has 9 heteroatoms. The van der Waals surface area contributed by atoms with Crippen LogP contribution < -0.4 is 15.4 Å². The molecule has 142 valence electrons. The molecular formula is C16H26ClN3O4S. The third-order valence-electron chi connectivity index (χ3n) is 3.39. The predicted octanol–water partition coefficient (Wildman–Crippen LogP) is 0.790. The van der Waals surface area contributed by atoms with Crippen LogP contribution in [0.4, 0.5) is 0 Å². The van der Waals surface area contributed by atoms with Crippen molar-refractivity contribution >= 4 is 28.3 Å². The zero-order valence-electron chi connectivity index (χ0n) is 14.7. The van der Waals surface area contributed by atoms with E-state index in [2.05, 4.69) is 15.4 Å². The van der Waals surface area contributed by atoms with Gasteiger partial charge in [-0.1, -0.05) is 18.2 Å². The predicted molar refractivity (Wildman–Crippen MR) is 98.2 cm³/mol. The molecule has 0 aliphatic carbocycles. The maximum absolute atomic E-state index is 12.6. The largest absolute Gasteiger partial charge is 0.378 e. The highest BCUT2D eigenvalue weighted by molar-refractivity contribution is 7.89. The number of ether oxygens (including phenoxy) is 1. The number of sulfonamides is 1. The molecule has 1 aromatic rings. The summed E-state index contributed by atoms with van der Waals surface area (Å²) in [6, 6.07) is 6.24. The van der Waals surface area contributed by atoms with Gasteiger partial charge < -0.3 is 15.4 Å². The molecule has 7 nitrogen and oxygen atoms in total. The first-order chi connectivity index (χ1) is 11.2. The van der Waals surface area contributed by atoms with Crippen LogP contribution in [-0.4, -0.2) is 45.7 Å². The first-order valence-electron chi connectivity index (χ1n) is 7.90. The van der Waals surface area contributed by atoms with Gasteiger partial charge in [0.05, 0.1) is 18.1 Å². The zero-order chi connectivity index (χ0) is 17.8. The van der Waals surface area contributed by atoms with Crippen molar-refractivity contribution in [3.63, 3.8) is 0 Å². The monoisotopic (exact) mass is 391 g/mol. The second kappa shape index (κ2) is 8.95. The van der Waals surface area contributed by atoms with E-state index < -0.39 is 21.6 Å². The van der Waals surface area contributed by atoms with Crippen molar-refractivity contribution in [1.82, 2.24) is 15.4 Å². The van der Waals surface area contributed by atoms with Crippen LogP contribution >= 0.6 is 12.4 Å². The lowest BCUT2D eigenvalue weighted by molar-refractivity contribution is -0.126. The normalized spacial score (nSPS) is 18.3. The van der Waals surface area contributed by atoms with Gasteiger partial charge in [0, 0.05) is 18.6 Å². The summed E-state index contributed by atoms with van der Waals surface area (Å²) >= 11 is 0. The van der Waals surface area contributed by atoms with Gasteiger partial charge in [-0.2, -0.15) is 0 Å². The Hall–Kier alpha value is -1.19. The summed E-state index contributed by atoms with van der Waals surface area (Å²) in [5, 5.41) is 5.83. The minimum atomic E-state index is -3.66. The Morgan fingerprint density at radius 3 is 2.60 bits per heavy atom. The Balaban J connectivity index is 0.00000312. The number of benzene rings is 1. The van der Waals surface area contributed by atoms with Crippen LogP contribution in [0.1, 0.15) is 26.3 Å². The number of nitrogens with one attached hydrogen (secondary N) is 3. The number of carbonyl (C=O) groups excluding carboxylic acids is 1. The Kier molecular flexibility index (Phi) is 7.83. The highest BCUT2D eigenvalue weighted by atomic mass is 35.5. The number of hydrogen-bond donors (Lipinski definition) is 3.